The van der Waals surface area contributed by atoms with Crippen molar-refractivity contribution in [1.29, 1.82) is 0 Å². The van der Waals surface area contributed by atoms with Crippen LogP contribution in [0.5, 0.6) is 0 Å². The maximum Gasteiger partial charge on any atom is 2.00 e. The van der Waals surface area contributed by atoms with Crippen LogP contribution < -0.4 is 4.98 Å². The van der Waals surface area contributed by atoms with Crippen LogP contribution in [0.25, 0.3) is 4.65 Å². The fraction of sp³-hybridized carbons (Fsp3) is 0.625. The number of hydrogen-bond acceptors (Lipinski definition) is 5. The van der Waals surface area contributed by atoms with Crippen LogP contribution in [0, 0.1) is 0 Å². The minimum absolute atomic E-state index is 0. The summed E-state index contributed by atoms with van der Waals surface area (Å²) in [6, 6.07) is 17.0. The molecule has 3 aliphatic heterocycles. The minimum atomic E-state index is -1.11. The summed E-state index contributed by atoms with van der Waals surface area (Å²) >= 11 is 0. The fourth-order valence-electron chi connectivity index (χ4n) is 6.66. The van der Waals surface area contributed by atoms with Gasteiger partial charge >= 0.3 is 45.5 Å². The normalized spacial score (nSPS) is 15.5. The van der Waals surface area contributed by atoms with E-state index >= 15 is 0 Å². The van der Waals surface area contributed by atoms with Gasteiger partial charge in [-0.3, -0.25) is 9.98 Å². The minimum Gasteiger partial charge on any atom is -0.668 e. The van der Waals surface area contributed by atoms with Crippen LogP contribution >= 0.6 is 0 Å². The summed E-state index contributed by atoms with van der Waals surface area (Å²) in [7, 11) is -2.21. The monoisotopic (exact) mass is 904 g/mol. The van der Waals surface area contributed by atoms with Gasteiger partial charge in [-0.1, -0.05) is 160 Å². The van der Waals surface area contributed by atoms with Crippen molar-refractivity contribution in [2.24, 2.45) is 9.98 Å². The number of aliphatic imine (C=N–C) groups is 2. The first-order valence-corrected chi connectivity index (χ1v) is 28.7. The molecule has 3 saturated heterocycles. The molecule has 0 radical (unpaired) electrons. The Balaban J connectivity index is 0.000000535. The van der Waals surface area contributed by atoms with Crippen molar-refractivity contribution in [2.75, 3.05) is 39.6 Å². The molecular weight excluding hydrogens is 824 g/mol. The average Bonchev–Trinajstić information content (AvgIpc) is 3.99. The number of para-hydroxylation sites is 2. The van der Waals surface area contributed by atoms with Gasteiger partial charge < -0.3 is 23.8 Å². The molecule has 1 aromatic heterocycles. The SMILES string of the molecule is C1CCOC1.C1CCOC1.C1CCOC1.CC(C)c1cccc(C(C)C)c1N=Cc1ccc(C=Nc2c(C(C)C)cccc2C(C)C)[n-]1.C[Si](C)(C)[N-][Si](C)(C)C.[Sr+2]. The third-order valence-electron chi connectivity index (χ3n) is 9.17. The van der Waals surface area contributed by atoms with E-state index in [0.29, 0.717) is 23.7 Å². The van der Waals surface area contributed by atoms with Crippen LogP contribution in [0.4, 0.5) is 11.4 Å². The third-order valence-corrected chi connectivity index (χ3v) is 14.5. The van der Waals surface area contributed by atoms with E-state index in [9.17, 15) is 0 Å². The van der Waals surface area contributed by atoms with E-state index < -0.39 is 16.5 Å². The quantitative estimate of drug-likeness (QED) is 0.150. The molecule has 4 heterocycles. The molecule has 58 heavy (non-hydrogen) atoms. The predicted molar refractivity (Wildman–Crippen MR) is 259 cm³/mol. The molecule has 0 spiro atoms. The summed E-state index contributed by atoms with van der Waals surface area (Å²) in [4.78, 5) is 14.5. The predicted octanol–water partition coefficient (Wildman–Crippen LogP) is 13.7. The average molecular weight is 905 g/mol. The van der Waals surface area contributed by atoms with Crippen LogP contribution in [0.3, 0.4) is 0 Å². The van der Waals surface area contributed by atoms with Crippen molar-refractivity contribution in [3.05, 3.63) is 86.8 Å². The summed E-state index contributed by atoms with van der Waals surface area (Å²) in [5, 5.41) is 0. The Bertz CT molecular complexity index is 1400. The molecule has 10 heteroatoms. The number of benzene rings is 2. The Labute approximate surface area is 394 Å². The van der Waals surface area contributed by atoms with Gasteiger partial charge in [0.2, 0.25) is 0 Å². The molecule has 3 fully saturated rings. The molecule has 2 aromatic carbocycles. The van der Waals surface area contributed by atoms with Crippen LogP contribution in [0.1, 0.15) is 151 Å². The standard InChI is InChI=1S/C30H38N3.C6H18NSi2.3C4H8O.Sr/c1-19(2)25-11-9-12-26(20(3)4)29(25)31-17-23-15-16-24(33-23)18-32-30-27(21(5)6)13-10-14-28(30)22(7)8;1-8(2,3)7-9(4,5)6;3*1-2-4-5-3-1;/h9-22H,1-8H3;1-6H3;3*1-4H2;/q2*-1;;;;+2. The molecule has 0 aliphatic carbocycles. The Morgan fingerprint density at radius 2 is 0.741 bits per heavy atom. The molecule has 3 aliphatic rings. The molecule has 0 N–H and O–H groups in total. The van der Waals surface area contributed by atoms with Gasteiger partial charge in [0.05, 0.1) is 11.4 Å². The van der Waals surface area contributed by atoms with Crippen molar-refractivity contribution < 1.29 is 14.2 Å². The molecule has 0 bridgehead atoms. The van der Waals surface area contributed by atoms with Gasteiger partial charge in [0.1, 0.15) is 0 Å². The van der Waals surface area contributed by atoms with Gasteiger partial charge in [-0.25, -0.2) is 0 Å². The second-order valence-electron chi connectivity index (χ2n) is 18.4. The number of aromatic nitrogens is 1. The van der Waals surface area contributed by atoms with Gasteiger partial charge in [-0.2, -0.15) is 0 Å². The number of nitrogens with zero attached hydrogens (tertiary/aromatic N) is 4. The zero-order valence-corrected chi connectivity index (χ0v) is 44.8. The molecule has 0 atom stereocenters. The maximum absolute atomic E-state index is 4.94. The smallest absolute Gasteiger partial charge is 0.668 e. The zero-order valence-electron chi connectivity index (χ0n) is 39.3. The first-order chi connectivity index (χ1) is 26.9. The van der Waals surface area contributed by atoms with Crippen molar-refractivity contribution in [3.8, 4) is 0 Å². The Hall–Kier alpha value is -1.19. The van der Waals surface area contributed by atoms with Crippen LogP contribution in [0.15, 0.2) is 58.5 Å². The second kappa shape index (κ2) is 29.2. The molecule has 6 rings (SSSR count). The molecule has 0 amide bonds. The number of hydrogen-bond donors (Lipinski definition) is 0. The van der Waals surface area contributed by atoms with Crippen LogP contribution in [-0.2, 0) is 14.2 Å². The third kappa shape index (κ3) is 23.1. The van der Waals surface area contributed by atoms with Crippen molar-refractivity contribution in [2.45, 2.75) is 157 Å². The van der Waals surface area contributed by atoms with E-state index in [0.717, 1.165) is 62.4 Å². The Kier molecular flexibility index (Phi) is 27.6. The topological polar surface area (TPSA) is 80.6 Å². The first kappa shape index (κ1) is 54.8. The summed E-state index contributed by atoms with van der Waals surface area (Å²) in [5.74, 6) is 1.68. The van der Waals surface area contributed by atoms with Crippen LogP contribution in [-0.4, -0.2) is 114 Å². The molecular formula is C48H80N4O3Si2Sr. The largest absolute Gasteiger partial charge is 2.00 e. The number of rotatable bonds is 10. The van der Waals surface area contributed by atoms with E-state index in [4.69, 9.17) is 33.8 Å². The zero-order chi connectivity index (χ0) is 42.4. The first-order valence-electron chi connectivity index (χ1n) is 21.8. The van der Waals surface area contributed by atoms with Crippen molar-refractivity contribution in [3.63, 3.8) is 0 Å². The Morgan fingerprint density at radius 1 is 0.483 bits per heavy atom. The molecule has 0 unspecified atom stereocenters. The van der Waals surface area contributed by atoms with Gasteiger partial charge in [-0.15, -0.1) is 11.4 Å². The van der Waals surface area contributed by atoms with E-state index in [-0.39, 0.29) is 45.5 Å². The van der Waals surface area contributed by atoms with Gasteiger partial charge in [0.15, 0.2) is 0 Å². The maximum atomic E-state index is 4.94. The van der Waals surface area contributed by atoms with Crippen LogP contribution in [0.2, 0.25) is 39.3 Å². The van der Waals surface area contributed by atoms with E-state index in [1.54, 1.807) is 0 Å². The van der Waals surface area contributed by atoms with Gasteiger partial charge in [0, 0.05) is 52.1 Å². The molecule has 3 aromatic rings. The van der Waals surface area contributed by atoms with E-state index in [1.807, 2.05) is 24.6 Å². The van der Waals surface area contributed by atoms with E-state index in [2.05, 4.69) is 131 Å². The summed E-state index contributed by atoms with van der Waals surface area (Å²) in [6.07, 6.45) is 11.4. The summed E-state index contributed by atoms with van der Waals surface area (Å²) in [5.41, 5.74) is 8.96. The summed E-state index contributed by atoms with van der Waals surface area (Å²) in [6.45, 7) is 37.5. The fourth-order valence-corrected chi connectivity index (χ4v) is 14.7. The number of ether oxygens (including phenoxy) is 3. The summed E-state index contributed by atoms with van der Waals surface area (Å²) < 4.78 is 19.7. The van der Waals surface area contributed by atoms with Gasteiger partial charge in [-0.05, 0) is 84.5 Å². The second-order valence-corrected chi connectivity index (χ2v) is 28.0. The van der Waals surface area contributed by atoms with Crippen molar-refractivity contribution in [1.82, 2.24) is 4.98 Å². The molecule has 320 valence electrons. The Morgan fingerprint density at radius 3 is 0.914 bits per heavy atom. The molecule has 7 nitrogen and oxygen atoms in total. The van der Waals surface area contributed by atoms with E-state index in [1.165, 1.54) is 60.8 Å². The van der Waals surface area contributed by atoms with Gasteiger partial charge in [0.25, 0.3) is 0 Å². The van der Waals surface area contributed by atoms with Crippen molar-refractivity contribution >= 4 is 85.8 Å². The molecule has 0 saturated carbocycles.